The van der Waals surface area contributed by atoms with Crippen LogP contribution in [0.4, 0.5) is 0 Å². The van der Waals surface area contributed by atoms with E-state index >= 15 is 0 Å². The Morgan fingerprint density at radius 3 is 2.82 bits per heavy atom. The summed E-state index contributed by atoms with van der Waals surface area (Å²) in [6.07, 6.45) is 2.70. The van der Waals surface area contributed by atoms with Gasteiger partial charge in [-0.25, -0.2) is 0 Å². The molecule has 0 saturated carbocycles. The minimum Gasteiger partial charge on any atom is -0.480 e. The number of rotatable bonds is 7. The number of carboxylic acids is 1. The number of unbranched alkanes of at least 4 members (excludes halogenated alkanes) is 1. The molecule has 1 unspecified atom stereocenters. The molecule has 0 bridgehead atoms. The first-order valence-electron chi connectivity index (χ1n) is 5.70. The Kier molecular flexibility index (Phi) is 6.16. The van der Waals surface area contributed by atoms with E-state index in [1.165, 1.54) is 4.88 Å². The van der Waals surface area contributed by atoms with E-state index in [0.29, 0.717) is 6.54 Å². The van der Waals surface area contributed by atoms with Gasteiger partial charge in [0.2, 0.25) is 0 Å². The van der Waals surface area contributed by atoms with Crippen molar-refractivity contribution in [2.24, 2.45) is 0 Å². The SMILES string of the molecule is CCCCC(C(=O)O)N(C)Cc1cc(Br)cs1. The van der Waals surface area contributed by atoms with Crippen LogP contribution in [0.25, 0.3) is 0 Å². The smallest absolute Gasteiger partial charge is 0.320 e. The summed E-state index contributed by atoms with van der Waals surface area (Å²) in [6.45, 7) is 2.77. The molecule has 0 saturated heterocycles. The monoisotopic (exact) mass is 319 g/mol. The molecular formula is C12H18BrNO2S. The Hall–Kier alpha value is -0.390. The third-order valence-electron chi connectivity index (χ3n) is 2.68. The van der Waals surface area contributed by atoms with E-state index in [4.69, 9.17) is 0 Å². The second kappa shape index (κ2) is 7.13. The summed E-state index contributed by atoms with van der Waals surface area (Å²) < 4.78 is 1.06. The molecule has 1 N–H and O–H groups in total. The highest BCUT2D eigenvalue weighted by molar-refractivity contribution is 9.10. The maximum Gasteiger partial charge on any atom is 0.320 e. The average molecular weight is 320 g/mol. The number of carbonyl (C=O) groups is 1. The molecule has 5 heteroatoms. The van der Waals surface area contributed by atoms with Crippen LogP contribution < -0.4 is 0 Å². The van der Waals surface area contributed by atoms with Gasteiger partial charge in [0.1, 0.15) is 6.04 Å². The van der Waals surface area contributed by atoms with E-state index in [9.17, 15) is 9.90 Å². The van der Waals surface area contributed by atoms with Crippen LogP contribution in [0.2, 0.25) is 0 Å². The maximum atomic E-state index is 11.2. The molecule has 96 valence electrons. The molecule has 1 aromatic rings. The largest absolute Gasteiger partial charge is 0.480 e. The fraction of sp³-hybridized carbons (Fsp3) is 0.583. The fourth-order valence-electron chi connectivity index (χ4n) is 1.72. The van der Waals surface area contributed by atoms with Gasteiger partial charge in [-0.15, -0.1) is 11.3 Å². The predicted molar refractivity (Wildman–Crippen MR) is 74.4 cm³/mol. The minimum absolute atomic E-state index is 0.379. The topological polar surface area (TPSA) is 40.5 Å². The molecule has 0 aliphatic rings. The van der Waals surface area contributed by atoms with E-state index < -0.39 is 5.97 Å². The normalized spacial score (nSPS) is 12.9. The highest BCUT2D eigenvalue weighted by Gasteiger charge is 2.22. The van der Waals surface area contributed by atoms with Crippen LogP contribution >= 0.6 is 27.3 Å². The highest BCUT2D eigenvalue weighted by atomic mass is 79.9. The Balaban J connectivity index is 2.58. The van der Waals surface area contributed by atoms with Crippen molar-refractivity contribution in [1.29, 1.82) is 0 Å². The van der Waals surface area contributed by atoms with Gasteiger partial charge in [-0.1, -0.05) is 19.8 Å². The zero-order chi connectivity index (χ0) is 12.8. The lowest BCUT2D eigenvalue weighted by Gasteiger charge is -2.23. The van der Waals surface area contributed by atoms with E-state index in [1.54, 1.807) is 11.3 Å². The molecule has 1 heterocycles. The lowest BCUT2D eigenvalue weighted by Crippen LogP contribution is -2.37. The van der Waals surface area contributed by atoms with Gasteiger partial charge in [-0.05, 0) is 35.5 Å². The summed E-state index contributed by atoms with van der Waals surface area (Å²) in [5.74, 6) is -0.725. The third kappa shape index (κ3) is 4.77. The maximum absolute atomic E-state index is 11.2. The van der Waals surface area contributed by atoms with Crippen LogP contribution in [0.3, 0.4) is 0 Å². The molecule has 0 spiro atoms. The predicted octanol–water partition coefficient (Wildman–Crippen LogP) is 3.59. The van der Waals surface area contributed by atoms with Gasteiger partial charge < -0.3 is 5.11 Å². The van der Waals surface area contributed by atoms with Crippen LogP contribution in [-0.4, -0.2) is 29.1 Å². The summed E-state index contributed by atoms with van der Waals surface area (Å²) in [5.41, 5.74) is 0. The number of thiophene rings is 1. The van der Waals surface area contributed by atoms with Gasteiger partial charge in [0.15, 0.2) is 0 Å². The minimum atomic E-state index is -0.725. The number of aliphatic carboxylic acids is 1. The summed E-state index contributed by atoms with van der Waals surface area (Å²) in [7, 11) is 1.88. The first kappa shape index (κ1) is 14.7. The van der Waals surface area contributed by atoms with Crippen LogP contribution in [0.1, 0.15) is 31.1 Å². The summed E-state index contributed by atoms with van der Waals surface area (Å²) in [5, 5.41) is 11.2. The Bertz CT molecular complexity index is 367. The van der Waals surface area contributed by atoms with Crippen LogP contribution in [0, 0.1) is 0 Å². The number of nitrogens with zero attached hydrogens (tertiary/aromatic N) is 1. The molecule has 0 aromatic carbocycles. The molecule has 1 rings (SSSR count). The zero-order valence-corrected chi connectivity index (χ0v) is 12.6. The average Bonchev–Trinajstić information content (AvgIpc) is 2.64. The van der Waals surface area contributed by atoms with Gasteiger partial charge in [0, 0.05) is 21.3 Å². The van der Waals surface area contributed by atoms with Gasteiger partial charge in [0.25, 0.3) is 0 Å². The second-order valence-electron chi connectivity index (χ2n) is 4.14. The van der Waals surface area contributed by atoms with Crippen molar-refractivity contribution in [2.45, 2.75) is 38.8 Å². The number of carboxylic acid groups (broad SMARTS) is 1. The van der Waals surface area contributed by atoms with Gasteiger partial charge in [-0.3, -0.25) is 9.69 Å². The Morgan fingerprint density at radius 1 is 1.65 bits per heavy atom. The van der Waals surface area contributed by atoms with Crippen molar-refractivity contribution >= 4 is 33.2 Å². The van der Waals surface area contributed by atoms with Crippen molar-refractivity contribution in [1.82, 2.24) is 4.90 Å². The van der Waals surface area contributed by atoms with Crippen molar-refractivity contribution < 1.29 is 9.90 Å². The number of hydrogen-bond donors (Lipinski definition) is 1. The molecule has 0 radical (unpaired) electrons. The van der Waals surface area contributed by atoms with Crippen molar-refractivity contribution in [2.75, 3.05) is 7.05 Å². The molecule has 0 fully saturated rings. The lowest BCUT2D eigenvalue weighted by molar-refractivity contribution is -0.143. The molecule has 17 heavy (non-hydrogen) atoms. The van der Waals surface area contributed by atoms with Crippen molar-refractivity contribution in [3.8, 4) is 0 Å². The van der Waals surface area contributed by atoms with Crippen molar-refractivity contribution in [3.63, 3.8) is 0 Å². The van der Waals surface area contributed by atoms with Gasteiger partial charge >= 0.3 is 5.97 Å². The summed E-state index contributed by atoms with van der Waals surface area (Å²) >= 11 is 5.05. The zero-order valence-electron chi connectivity index (χ0n) is 10.1. The second-order valence-corrected chi connectivity index (χ2v) is 6.05. The molecule has 1 atom stereocenters. The molecule has 1 aromatic heterocycles. The van der Waals surface area contributed by atoms with Gasteiger partial charge in [-0.2, -0.15) is 0 Å². The number of likely N-dealkylation sites (N-methyl/N-ethyl adjacent to an activating group) is 1. The van der Waals surface area contributed by atoms with E-state index in [2.05, 4.69) is 22.9 Å². The molecule has 0 amide bonds. The molecule has 0 aliphatic carbocycles. The molecular weight excluding hydrogens is 302 g/mol. The molecule has 3 nitrogen and oxygen atoms in total. The van der Waals surface area contributed by atoms with Crippen molar-refractivity contribution in [3.05, 3.63) is 20.8 Å². The van der Waals surface area contributed by atoms with Crippen LogP contribution in [0.5, 0.6) is 0 Å². The third-order valence-corrected chi connectivity index (χ3v) is 4.36. The fourth-order valence-corrected chi connectivity index (χ4v) is 3.24. The van der Waals surface area contributed by atoms with Crippen LogP contribution in [-0.2, 0) is 11.3 Å². The van der Waals surface area contributed by atoms with E-state index in [-0.39, 0.29) is 6.04 Å². The van der Waals surface area contributed by atoms with Gasteiger partial charge in [0.05, 0.1) is 0 Å². The van der Waals surface area contributed by atoms with E-state index in [1.807, 2.05) is 23.4 Å². The quantitative estimate of drug-likeness (QED) is 0.835. The van der Waals surface area contributed by atoms with E-state index in [0.717, 1.165) is 23.7 Å². The summed E-state index contributed by atoms with van der Waals surface area (Å²) in [4.78, 5) is 14.3. The summed E-state index contributed by atoms with van der Waals surface area (Å²) in [6, 6.07) is 1.66. The Labute approximate surface area is 115 Å². The first-order chi connectivity index (χ1) is 8.04. The number of halogens is 1. The standard InChI is InChI=1S/C12H18BrNO2S/c1-3-4-5-11(12(15)16)14(2)7-10-6-9(13)8-17-10/h6,8,11H,3-5,7H2,1-2H3,(H,15,16). The van der Waals surface area contributed by atoms with Crippen LogP contribution in [0.15, 0.2) is 15.9 Å². The lowest BCUT2D eigenvalue weighted by atomic mass is 10.1. The molecule has 0 aliphatic heterocycles. The first-order valence-corrected chi connectivity index (χ1v) is 7.37. The number of hydrogen-bond acceptors (Lipinski definition) is 3. The highest BCUT2D eigenvalue weighted by Crippen LogP contribution is 2.22. The Morgan fingerprint density at radius 2 is 2.35 bits per heavy atom.